The summed E-state index contributed by atoms with van der Waals surface area (Å²) < 4.78 is 0. The fourth-order valence-electron chi connectivity index (χ4n) is 3.01. The lowest BCUT2D eigenvalue weighted by molar-refractivity contribution is -0.132. The lowest BCUT2D eigenvalue weighted by Gasteiger charge is -2.30. The third-order valence-electron chi connectivity index (χ3n) is 4.44. The van der Waals surface area contributed by atoms with Crippen molar-refractivity contribution < 1.29 is 9.59 Å². The zero-order chi connectivity index (χ0) is 16.4. The number of carbonyl (C=O) groups excluding carboxylic acids is 2. The third kappa shape index (κ3) is 3.36. The number of aromatic nitrogens is 2. The molecule has 6 nitrogen and oxygen atoms in total. The number of aryl methyl sites for hydroxylation is 1. The number of H-pyrrole nitrogens is 1. The number of carbonyl (C=O) groups is 2. The highest BCUT2D eigenvalue weighted by molar-refractivity contribution is 5.94. The average Bonchev–Trinajstić information content (AvgIpc) is 2.97. The van der Waals surface area contributed by atoms with Crippen LogP contribution in [0.1, 0.15) is 32.5 Å². The van der Waals surface area contributed by atoms with Crippen molar-refractivity contribution in [2.24, 2.45) is 5.92 Å². The number of anilines is 1. The molecule has 2 N–H and O–H groups in total. The summed E-state index contributed by atoms with van der Waals surface area (Å²) in [6, 6.07) is 5.72. The van der Waals surface area contributed by atoms with Crippen LogP contribution in [0.4, 0.5) is 5.69 Å². The monoisotopic (exact) mass is 314 g/mol. The molecular weight excluding hydrogens is 292 g/mol. The number of imidazole rings is 1. The third-order valence-corrected chi connectivity index (χ3v) is 4.44. The highest BCUT2D eigenvalue weighted by Gasteiger charge is 2.26. The Morgan fingerprint density at radius 3 is 2.74 bits per heavy atom. The minimum atomic E-state index is -0.0331. The van der Waals surface area contributed by atoms with Crippen molar-refractivity contribution in [2.45, 2.75) is 33.1 Å². The largest absolute Gasteiger partial charge is 0.343 e. The second-order valence-corrected chi connectivity index (χ2v) is 6.04. The number of likely N-dealkylation sites (tertiary alicyclic amines) is 1. The number of rotatable bonds is 3. The van der Waals surface area contributed by atoms with Crippen LogP contribution in [0.3, 0.4) is 0 Å². The van der Waals surface area contributed by atoms with E-state index in [2.05, 4.69) is 15.3 Å². The van der Waals surface area contributed by atoms with E-state index in [1.807, 2.05) is 25.1 Å². The fraction of sp³-hybridized carbons (Fsp3) is 0.471. The molecule has 2 heterocycles. The second-order valence-electron chi connectivity index (χ2n) is 6.04. The Morgan fingerprint density at radius 1 is 1.35 bits per heavy atom. The first-order chi connectivity index (χ1) is 11.1. The number of fused-ring (bicyclic) bond motifs is 1. The van der Waals surface area contributed by atoms with Gasteiger partial charge in [0.2, 0.25) is 11.8 Å². The molecule has 0 spiro atoms. The van der Waals surface area contributed by atoms with E-state index in [0.29, 0.717) is 13.1 Å². The van der Waals surface area contributed by atoms with Gasteiger partial charge in [0, 0.05) is 38.0 Å². The van der Waals surface area contributed by atoms with Gasteiger partial charge in [-0.15, -0.1) is 0 Å². The number of hydrogen-bond acceptors (Lipinski definition) is 3. The van der Waals surface area contributed by atoms with Gasteiger partial charge in [-0.3, -0.25) is 9.59 Å². The minimum Gasteiger partial charge on any atom is -0.343 e. The summed E-state index contributed by atoms with van der Waals surface area (Å²) >= 11 is 0. The molecule has 1 aliphatic heterocycles. The number of benzene rings is 1. The fourth-order valence-corrected chi connectivity index (χ4v) is 3.01. The quantitative estimate of drug-likeness (QED) is 0.912. The van der Waals surface area contributed by atoms with Crippen molar-refractivity contribution in [3.8, 4) is 0 Å². The summed E-state index contributed by atoms with van der Waals surface area (Å²) in [6.45, 7) is 4.94. The molecule has 0 aliphatic carbocycles. The molecule has 3 rings (SSSR count). The van der Waals surface area contributed by atoms with E-state index in [0.717, 1.165) is 41.8 Å². The van der Waals surface area contributed by atoms with Crippen LogP contribution in [-0.2, 0) is 16.0 Å². The van der Waals surface area contributed by atoms with Gasteiger partial charge in [-0.1, -0.05) is 6.92 Å². The SMILES string of the molecule is CCc1nc2ccc(NC(=O)C3CCN(C(C)=O)CC3)cc2[nH]1. The topological polar surface area (TPSA) is 78.1 Å². The molecule has 1 saturated heterocycles. The van der Waals surface area contributed by atoms with Crippen molar-refractivity contribution in [2.75, 3.05) is 18.4 Å². The van der Waals surface area contributed by atoms with Gasteiger partial charge in [0.05, 0.1) is 11.0 Å². The molecule has 0 radical (unpaired) electrons. The number of hydrogen-bond donors (Lipinski definition) is 2. The molecule has 1 aromatic heterocycles. The van der Waals surface area contributed by atoms with Gasteiger partial charge in [-0.05, 0) is 31.0 Å². The summed E-state index contributed by atoms with van der Waals surface area (Å²) in [4.78, 5) is 33.2. The number of amides is 2. The Hall–Kier alpha value is -2.37. The minimum absolute atomic E-state index is 0.0304. The Morgan fingerprint density at radius 2 is 2.09 bits per heavy atom. The van der Waals surface area contributed by atoms with Crippen LogP contribution < -0.4 is 5.32 Å². The number of nitrogens with one attached hydrogen (secondary N) is 2. The van der Waals surface area contributed by atoms with E-state index in [-0.39, 0.29) is 17.7 Å². The predicted molar refractivity (Wildman–Crippen MR) is 89.1 cm³/mol. The van der Waals surface area contributed by atoms with Gasteiger partial charge in [0.15, 0.2) is 0 Å². The second kappa shape index (κ2) is 6.40. The van der Waals surface area contributed by atoms with Crippen LogP contribution >= 0.6 is 0 Å². The Kier molecular flexibility index (Phi) is 4.32. The molecule has 6 heteroatoms. The predicted octanol–water partition coefficient (Wildman–Crippen LogP) is 2.32. The molecule has 122 valence electrons. The molecule has 0 atom stereocenters. The van der Waals surface area contributed by atoms with Gasteiger partial charge in [0.1, 0.15) is 5.82 Å². The summed E-state index contributed by atoms with van der Waals surface area (Å²) in [5.74, 6) is 1.03. The van der Waals surface area contributed by atoms with Crippen LogP contribution in [-0.4, -0.2) is 39.8 Å². The Balaban J connectivity index is 1.65. The van der Waals surface area contributed by atoms with Gasteiger partial charge >= 0.3 is 0 Å². The summed E-state index contributed by atoms with van der Waals surface area (Å²) in [5.41, 5.74) is 2.63. The molecule has 2 amide bonds. The van der Waals surface area contributed by atoms with E-state index >= 15 is 0 Å². The van der Waals surface area contributed by atoms with Crippen LogP contribution in [0.2, 0.25) is 0 Å². The maximum Gasteiger partial charge on any atom is 0.227 e. The Labute approximate surface area is 135 Å². The van der Waals surface area contributed by atoms with E-state index < -0.39 is 0 Å². The van der Waals surface area contributed by atoms with Crippen molar-refractivity contribution in [3.05, 3.63) is 24.0 Å². The molecular formula is C17H22N4O2. The maximum atomic E-state index is 12.4. The highest BCUT2D eigenvalue weighted by atomic mass is 16.2. The first-order valence-electron chi connectivity index (χ1n) is 8.12. The highest BCUT2D eigenvalue weighted by Crippen LogP contribution is 2.22. The van der Waals surface area contributed by atoms with Crippen LogP contribution in [0.25, 0.3) is 11.0 Å². The van der Waals surface area contributed by atoms with Gasteiger partial charge < -0.3 is 15.2 Å². The van der Waals surface area contributed by atoms with E-state index in [4.69, 9.17) is 0 Å². The van der Waals surface area contributed by atoms with Gasteiger partial charge in [-0.25, -0.2) is 4.98 Å². The van der Waals surface area contributed by atoms with E-state index in [1.165, 1.54) is 0 Å². The lowest BCUT2D eigenvalue weighted by atomic mass is 9.96. The average molecular weight is 314 g/mol. The van der Waals surface area contributed by atoms with Crippen LogP contribution in [0.5, 0.6) is 0 Å². The standard InChI is InChI=1S/C17H22N4O2/c1-3-16-19-14-5-4-13(10-15(14)20-16)18-17(23)12-6-8-21(9-7-12)11(2)22/h4-5,10,12H,3,6-9H2,1-2H3,(H,18,23)(H,19,20). The molecule has 1 aliphatic rings. The molecule has 1 aromatic carbocycles. The number of nitrogens with zero attached hydrogens (tertiary/aromatic N) is 2. The zero-order valence-electron chi connectivity index (χ0n) is 13.6. The number of piperidine rings is 1. The van der Waals surface area contributed by atoms with Gasteiger partial charge in [-0.2, -0.15) is 0 Å². The molecule has 0 unspecified atom stereocenters. The van der Waals surface area contributed by atoms with Crippen molar-refractivity contribution in [3.63, 3.8) is 0 Å². The van der Waals surface area contributed by atoms with Crippen molar-refractivity contribution in [1.29, 1.82) is 0 Å². The van der Waals surface area contributed by atoms with Crippen LogP contribution in [0.15, 0.2) is 18.2 Å². The van der Waals surface area contributed by atoms with E-state index in [9.17, 15) is 9.59 Å². The summed E-state index contributed by atoms with van der Waals surface area (Å²) in [6.07, 6.45) is 2.29. The number of aromatic amines is 1. The normalized spacial score (nSPS) is 15.8. The molecule has 1 fully saturated rings. The van der Waals surface area contributed by atoms with Crippen molar-refractivity contribution in [1.82, 2.24) is 14.9 Å². The molecule has 0 saturated carbocycles. The lowest BCUT2D eigenvalue weighted by Crippen LogP contribution is -2.40. The van der Waals surface area contributed by atoms with Crippen molar-refractivity contribution >= 4 is 28.5 Å². The first-order valence-corrected chi connectivity index (χ1v) is 8.12. The summed E-state index contributed by atoms with van der Waals surface area (Å²) in [7, 11) is 0. The molecule has 2 aromatic rings. The zero-order valence-corrected chi connectivity index (χ0v) is 13.6. The Bertz CT molecular complexity index is 729. The molecule has 0 bridgehead atoms. The maximum absolute atomic E-state index is 12.4. The molecule has 23 heavy (non-hydrogen) atoms. The smallest absolute Gasteiger partial charge is 0.227 e. The van der Waals surface area contributed by atoms with Gasteiger partial charge in [0.25, 0.3) is 0 Å². The van der Waals surface area contributed by atoms with Crippen LogP contribution in [0, 0.1) is 5.92 Å². The first kappa shape index (κ1) is 15.5. The summed E-state index contributed by atoms with van der Waals surface area (Å²) in [5, 5.41) is 2.98. The van der Waals surface area contributed by atoms with E-state index in [1.54, 1.807) is 11.8 Å².